The molecular formula is C20H27NO5P-. The van der Waals surface area contributed by atoms with E-state index in [1.54, 1.807) is 20.0 Å². The average molecular weight is 392 g/mol. The van der Waals surface area contributed by atoms with E-state index in [-0.39, 0.29) is 12.4 Å². The van der Waals surface area contributed by atoms with Gasteiger partial charge in [0.1, 0.15) is 5.78 Å². The number of phosphoric ester groups is 1. The molecule has 148 valence electrons. The molecule has 0 aliphatic heterocycles. The normalized spacial score (nSPS) is 13.8. The zero-order valence-electron chi connectivity index (χ0n) is 15.9. The number of ketones is 1. The lowest BCUT2D eigenvalue weighted by molar-refractivity contribution is -0.228. The summed E-state index contributed by atoms with van der Waals surface area (Å²) in [5.74, 6) is 0.170. The molecule has 6 nitrogen and oxygen atoms in total. The Balaban J connectivity index is 1.60. The van der Waals surface area contributed by atoms with E-state index in [1.165, 1.54) is 0 Å². The second kappa shape index (κ2) is 10.7. The summed E-state index contributed by atoms with van der Waals surface area (Å²) < 4.78 is 20.9. The van der Waals surface area contributed by atoms with Crippen LogP contribution >= 0.6 is 7.82 Å². The van der Waals surface area contributed by atoms with Gasteiger partial charge in [-0.3, -0.25) is 14.3 Å². The van der Waals surface area contributed by atoms with Gasteiger partial charge in [-0.1, -0.05) is 37.1 Å². The van der Waals surface area contributed by atoms with Crippen LogP contribution in [0.4, 0.5) is 0 Å². The lowest BCUT2D eigenvalue weighted by Gasteiger charge is -2.24. The van der Waals surface area contributed by atoms with E-state index in [4.69, 9.17) is 9.05 Å². The van der Waals surface area contributed by atoms with E-state index < -0.39 is 13.9 Å². The molecule has 7 heteroatoms. The molecule has 0 spiro atoms. The highest BCUT2D eigenvalue weighted by atomic mass is 31.2. The number of hydrogen-bond donors (Lipinski definition) is 0. The lowest BCUT2D eigenvalue weighted by atomic mass is 10.1. The second-order valence-corrected chi connectivity index (χ2v) is 8.20. The van der Waals surface area contributed by atoms with Gasteiger partial charge >= 0.3 is 0 Å². The van der Waals surface area contributed by atoms with E-state index in [0.29, 0.717) is 19.3 Å². The van der Waals surface area contributed by atoms with Crippen molar-refractivity contribution < 1.29 is 23.3 Å². The molecule has 0 N–H and O–H groups in total. The molecular weight excluding hydrogens is 365 g/mol. The van der Waals surface area contributed by atoms with Crippen molar-refractivity contribution in [1.29, 1.82) is 0 Å². The topological polar surface area (TPSA) is 88.5 Å². The van der Waals surface area contributed by atoms with Crippen molar-refractivity contribution >= 4 is 24.4 Å². The number of Topliss-reactive ketones (excluding diaryl/α,β-unsaturated/α-hetero) is 1. The quantitative estimate of drug-likeness (QED) is 0.397. The molecule has 1 aromatic heterocycles. The van der Waals surface area contributed by atoms with Crippen LogP contribution in [0.3, 0.4) is 0 Å². The molecule has 0 aliphatic carbocycles. The van der Waals surface area contributed by atoms with Crippen LogP contribution in [0.1, 0.15) is 51.6 Å². The summed E-state index contributed by atoms with van der Waals surface area (Å²) >= 11 is 0. The first-order chi connectivity index (χ1) is 12.9. The number of benzene rings is 1. The number of carbonyl (C=O) groups is 1. The second-order valence-electron chi connectivity index (χ2n) is 6.84. The Hall–Kier alpha value is -1.59. The third-order valence-corrected chi connectivity index (χ3v) is 5.18. The van der Waals surface area contributed by atoms with Crippen LogP contribution in [0.15, 0.2) is 36.5 Å². The van der Waals surface area contributed by atoms with Crippen molar-refractivity contribution in [2.24, 2.45) is 0 Å². The van der Waals surface area contributed by atoms with Gasteiger partial charge in [-0.05, 0) is 38.1 Å². The van der Waals surface area contributed by atoms with Crippen molar-refractivity contribution in [2.75, 3.05) is 6.61 Å². The number of fused-ring (bicyclic) bond motifs is 1. The summed E-state index contributed by atoms with van der Waals surface area (Å²) in [7, 11) is -4.19. The van der Waals surface area contributed by atoms with E-state index >= 15 is 0 Å². The van der Waals surface area contributed by atoms with Crippen LogP contribution in [-0.4, -0.2) is 23.5 Å². The molecule has 2 aromatic rings. The minimum atomic E-state index is -4.19. The molecule has 1 unspecified atom stereocenters. The van der Waals surface area contributed by atoms with Gasteiger partial charge in [-0.2, -0.15) is 0 Å². The third-order valence-electron chi connectivity index (χ3n) is 4.01. The first kappa shape index (κ1) is 21.7. The first-order valence-corrected chi connectivity index (χ1v) is 10.8. The molecule has 0 bridgehead atoms. The monoisotopic (exact) mass is 392 g/mol. The van der Waals surface area contributed by atoms with Gasteiger partial charge in [-0.25, -0.2) is 0 Å². The number of rotatable bonds is 12. The molecule has 1 aromatic carbocycles. The van der Waals surface area contributed by atoms with Gasteiger partial charge in [0.25, 0.3) is 7.82 Å². The van der Waals surface area contributed by atoms with Crippen molar-refractivity contribution in [3.05, 3.63) is 42.2 Å². The lowest BCUT2D eigenvalue weighted by Crippen LogP contribution is -2.13. The molecule has 0 amide bonds. The summed E-state index contributed by atoms with van der Waals surface area (Å²) in [4.78, 5) is 27.9. The van der Waals surface area contributed by atoms with Crippen molar-refractivity contribution in [3.8, 4) is 0 Å². The molecule has 27 heavy (non-hydrogen) atoms. The number of pyridine rings is 1. The van der Waals surface area contributed by atoms with Crippen molar-refractivity contribution in [1.82, 2.24) is 4.98 Å². The standard InChI is InChI=1S/C20H28NO5P/c1-16(2)26-27(23,24)25-12-8-4-3-5-11-20(22)14-19-13-17-9-6-7-10-18(17)15-21-19/h6-7,9-10,13,15-16H,3-5,8,11-12,14H2,1-2H3,(H,23,24)/p-1. The highest BCUT2D eigenvalue weighted by molar-refractivity contribution is 7.45. The molecule has 0 saturated carbocycles. The van der Waals surface area contributed by atoms with Crippen LogP contribution in [0.2, 0.25) is 0 Å². The molecule has 0 radical (unpaired) electrons. The Morgan fingerprint density at radius 3 is 2.59 bits per heavy atom. The highest BCUT2D eigenvalue weighted by Gasteiger charge is 2.11. The fourth-order valence-electron chi connectivity index (χ4n) is 2.76. The van der Waals surface area contributed by atoms with E-state index in [9.17, 15) is 14.3 Å². The smallest absolute Gasteiger partial charge is 0.268 e. The molecule has 2 rings (SSSR count). The van der Waals surface area contributed by atoms with Gasteiger partial charge < -0.3 is 13.9 Å². The maximum Gasteiger partial charge on any atom is 0.268 e. The maximum atomic E-state index is 12.1. The first-order valence-electron chi connectivity index (χ1n) is 9.35. The van der Waals surface area contributed by atoms with Gasteiger partial charge in [0.2, 0.25) is 0 Å². The number of phosphoric acid groups is 1. The molecule has 0 saturated heterocycles. The number of carbonyl (C=O) groups excluding carboxylic acids is 1. The fourth-order valence-corrected chi connectivity index (χ4v) is 3.69. The zero-order valence-corrected chi connectivity index (χ0v) is 16.8. The molecule has 1 atom stereocenters. The van der Waals surface area contributed by atoms with E-state index in [2.05, 4.69) is 4.98 Å². The Kier molecular flexibility index (Phi) is 8.58. The highest BCUT2D eigenvalue weighted by Crippen LogP contribution is 2.39. The van der Waals surface area contributed by atoms with Crippen molar-refractivity contribution in [2.45, 2.75) is 58.5 Å². The maximum absolute atomic E-state index is 12.1. The van der Waals surface area contributed by atoms with Crippen LogP contribution < -0.4 is 4.89 Å². The van der Waals surface area contributed by atoms with Crippen LogP contribution in [0.5, 0.6) is 0 Å². The summed E-state index contributed by atoms with van der Waals surface area (Å²) in [6.45, 7) is 3.39. The fraction of sp³-hybridized carbons (Fsp3) is 0.500. The number of hydrogen-bond acceptors (Lipinski definition) is 6. The van der Waals surface area contributed by atoms with Crippen LogP contribution in [-0.2, 0) is 24.8 Å². The Morgan fingerprint density at radius 1 is 1.15 bits per heavy atom. The largest absolute Gasteiger partial charge is 0.756 e. The Bertz CT molecular complexity index is 793. The summed E-state index contributed by atoms with van der Waals surface area (Å²) in [5.41, 5.74) is 0.795. The van der Waals surface area contributed by atoms with Gasteiger partial charge in [0, 0.05) is 30.1 Å². The SMILES string of the molecule is CC(C)OP(=O)([O-])OCCCCCCC(=O)Cc1cc2ccccc2cn1. The molecule has 1 heterocycles. The minimum Gasteiger partial charge on any atom is -0.756 e. The van der Waals surface area contributed by atoms with Crippen LogP contribution in [0, 0.1) is 0 Å². The van der Waals surface area contributed by atoms with Crippen LogP contribution in [0.25, 0.3) is 10.8 Å². The average Bonchev–Trinajstić information content (AvgIpc) is 2.59. The van der Waals surface area contributed by atoms with Gasteiger partial charge in [0.05, 0.1) is 12.7 Å². The predicted molar refractivity (Wildman–Crippen MR) is 103 cm³/mol. The van der Waals surface area contributed by atoms with Gasteiger partial charge in [-0.15, -0.1) is 0 Å². The Morgan fingerprint density at radius 2 is 1.85 bits per heavy atom. The summed E-state index contributed by atoms with van der Waals surface area (Å²) in [6, 6.07) is 9.91. The summed E-state index contributed by atoms with van der Waals surface area (Å²) in [6.07, 6.45) is 5.30. The molecule has 0 fully saturated rings. The minimum absolute atomic E-state index is 0.114. The Labute approximate surface area is 160 Å². The van der Waals surface area contributed by atoms with E-state index in [1.807, 2.05) is 30.3 Å². The number of unbranched alkanes of at least 4 members (excludes halogenated alkanes) is 3. The van der Waals surface area contributed by atoms with E-state index in [0.717, 1.165) is 35.7 Å². The number of aromatic nitrogens is 1. The van der Waals surface area contributed by atoms with Gasteiger partial charge in [0.15, 0.2) is 0 Å². The van der Waals surface area contributed by atoms with Crippen molar-refractivity contribution in [3.63, 3.8) is 0 Å². The molecule has 0 aliphatic rings. The summed E-state index contributed by atoms with van der Waals surface area (Å²) in [5, 5.41) is 2.16. The predicted octanol–water partition coefficient (Wildman–Crippen LogP) is 4.21. The third kappa shape index (κ3) is 8.31. The zero-order chi connectivity index (χ0) is 19.7. The number of nitrogens with zero attached hydrogens (tertiary/aromatic N) is 1.